The van der Waals surface area contributed by atoms with Crippen LogP contribution in [-0.2, 0) is 0 Å². The number of hydrogen-bond donors (Lipinski definition) is 0. The van der Waals surface area contributed by atoms with Crippen LogP contribution in [-0.4, -0.2) is 12.8 Å². The Morgan fingerprint density at radius 3 is 1.95 bits per heavy atom. The van der Waals surface area contributed by atoms with Gasteiger partial charge in [0, 0.05) is 18.3 Å². The number of nitrogens with zero attached hydrogens (tertiary/aromatic N) is 1. The lowest BCUT2D eigenvalue weighted by atomic mass is 9.96. The highest BCUT2D eigenvalue weighted by atomic mass is 14.7. The van der Waals surface area contributed by atoms with Gasteiger partial charge >= 0.3 is 0 Å². The molecule has 0 heterocycles. The van der Waals surface area contributed by atoms with Gasteiger partial charge in [0.25, 0.3) is 0 Å². The van der Waals surface area contributed by atoms with Crippen molar-refractivity contribution in [1.82, 2.24) is 0 Å². The van der Waals surface area contributed by atoms with Gasteiger partial charge in [-0.2, -0.15) is 0 Å². The zero-order valence-electron chi connectivity index (χ0n) is 13.2. The molecule has 2 aromatic carbocycles. The van der Waals surface area contributed by atoms with E-state index in [1.807, 2.05) is 62.5 Å². The van der Waals surface area contributed by atoms with Gasteiger partial charge < -0.3 is 0 Å². The molecule has 0 aliphatic heterocycles. The summed E-state index contributed by atoms with van der Waals surface area (Å²) in [5, 5.41) is 0. The summed E-state index contributed by atoms with van der Waals surface area (Å²) in [5.41, 5.74) is 5.59. The van der Waals surface area contributed by atoms with E-state index < -0.39 is 0 Å². The van der Waals surface area contributed by atoms with Crippen LogP contribution in [0.1, 0.15) is 18.1 Å². The molecule has 0 N–H and O–H groups in total. The van der Waals surface area contributed by atoms with Crippen molar-refractivity contribution in [2.24, 2.45) is 4.99 Å². The third-order valence-corrected chi connectivity index (χ3v) is 3.51. The van der Waals surface area contributed by atoms with Crippen molar-refractivity contribution >= 4 is 16.9 Å². The molecule has 1 heteroatoms. The van der Waals surface area contributed by atoms with Crippen LogP contribution in [0.25, 0.3) is 11.1 Å². The summed E-state index contributed by atoms with van der Waals surface area (Å²) in [6.45, 7) is 5.87. The second-order valence-electron chi connectivity index (χ2n) is 4.96. The number of aliphatic imine (C=N–C) groups is 1. The first-order valence-electron chi connectivity index (χ1n) is 7.35. The standard InChI is InChI=1S/C21H21N/c1-4-11-20(18-12-7-5-8-13-18)16-21(17(2)22-3)19-14-9-6-10-15-19/h4-16H,1H2,2-3H3/b20-11-,21-16+,22-17-. The minimum absolute atomic E-state index is 1.01. The van der Waals surface area contributed by atoms with Gasteiger partial charge in [-0.05, 0) is 29.7 Å². The molecule has 1 nitrogen and oxygen atoms in total. The Morgan fingerprint density at radius 1 is 0.909 bits per heavy atom. The van der Waals surface area contributed by atoms with E-state index in [1.165, 1.54) is 5.56 Å². The second kappa shape index (κ2) is 7.94. The summed E-state index contributed by atoms with van der Waals surface area (Å²) in [4.78, 5) is 4.37. The van der Waals surface area contributed by atoms with Crippen molar-refractivity contribution in [3.63, 3.8) is 0 Å². The lowest BCUT2D eigenvalue weighted by Gasteiger charge is -2.10. The molecule has 0 aromatic heterocycles. The molecule has 0 aliphatic rings. The molecule has 0 saturated carbocycles. The second-order valence-corrected chi connectivity index (χ2v) is 4.96. The summed E-state index contributed by atoms with van der Waals surface area (Å²) < 4.78 is 0. The molecular formula is C21H21N. The number of rotatable bonds is 5. The molecule has 0 fully saturated rings. The average Bonchev–Trinajstić information content (AvgIpc) is 2.59. The maximum Gasteiger partial charge on any atom is 0.0392 e. The Balaban J connectivity index is 2.56. The van der Waals surface area contributed by atoms with E-state index in [-0.39, 0.29) is 0 Å². The molecule has 0 unspecified atom stereocenters. The number of allylic oxidation sites excluding steroid dienone is 5. The van der Waals surface area contributed by atoms with Gasteiger partial charge in [-0.15, -0.1) is 0 Å². The molecule has 0 spiro atoms. The first-order valence-corrected chi connectivity index (χ1v) is 7.35. The molecule has 22 heavy (non-hydrogen) atoms. The average molecular weight is 287 g/mol. The quantitative estimate of drug-likeness (QED) is 0.513. The highest BCUT2D eigenvalue weighted by Crippen LogP contribution is 2.24. The molecule has 0 atom stereocenters. The van der Waals surface area contributed by atoms with E-state index in [2.05, 4.69) is 41.9 Å². The summed E-state index contributed by atoms with van der Waals surface area (Å²) in [7, 11) is 1.82. The van der Waals surface area contributed by atoms with Crippen LogP contribution in [0.5, 0.6) is 0 Å². The Bertz CT molecular complexity index is 704. The van der Waals surface area contributed by atoms with E-state index in [0.29, 0.717) is 0 Å². The molecule has 0 bridgehead atoms. The first kappa shape index (κ1) is 15.7. The Hall–Kier alpha value is -2.67. The van der Waals surface area contributed by atoms with E-state index in [0.717, 1.165) is 22.4 Å². The molecule has 2 rings (SSSR count). The normalized spacial score (nSPS) is 13.1. The van der Waals surface area contributed by atoms with Crippen molar-refractivity contribution in [2.45, 2.75) is 6.92 Å². The van der Waals surface area contributed by atoms with Gasteiger partial charge in [0.2, 0.25) is 0 Å². The summed E-state index contributed by atoms with van der Waals surface area (Å²) >= 11 is 0. The predicted octanol–water partition coefficient (Wildman–Crippen LogP) is 5.43. The molecule has 2 aromatic rings. The van der Waals surface area contributed by atoms with E-state index in [1.54, 1.807) is 0 Å². The third kappa shape index (κ3) is 3.92. The Kier molecular flexibility index (Phi) is 5.67. The molecule has 0 aliphatic carbocycles. The van der Waals surface area contributed by atoms with Crippen molar-refractivity contribution in [3.05, 3.63) is 96.6 Å². The predicted molar refractivity (Wildman–Crippen MR) is 98.1 cm³/mol. The molecular weight excluding hydrogens is 266 g/mol. The van der Waals surface area contributed by atoms with E-state index >= 15 is 0 Å². The lowest BCUT2D eigenvalue weighted by molar-refractivity contribution is 1.43. The zero-order chi connectivity index (χ0) is 15.8. The first-order chi connectivity index (χ1) is 10.8. The largest absolute Gasteiger partial charge is 0.293 e. The molecule has 0 radical (unpaired) electrons. The maximum atomic E-state index is 4.37. The highest BCUT2D eigenvalue weighted by Gasteiger charge is 2.07. The zero-order valence-corrected chi connectivity index (χ0v) is 13.2. The molecule has 0 amide bonds. The fourth-order valence-electron chi connectivity index (χ4n) is 2.28. The van der Waals surface area contributed by atoms with Crippen molar-refractivity contribution in [1.29, 1.82) is 0 Å². The smallest absolute Gasteiger partial charge is 0.0392 e. The lowest BCUT2D eigenvalue weighted by Crippen LogP contribution is -1.98. The summed E-state index contributed by atoms with van der Waals surface area (Å²) in [5.74, 6) is 0. The van der Waals surface area contributed by atoms with Crippen LogP contribution in [0.2, 0.25) is 0 Å². The minimum atomic E-state index is 1.01. The van der Waals surface area contributed by atoms with Gasteiger partial charge in [-0.25, -0.2) is 0 Å². The maximum absolute atomic E-state index is 4.37. The minimum Gasteiger partial charge on any atom is -0.293 e. The van der Waals surface area contributed by atoms with Gasteiger partial charge in [0.15, 0.2) is 0 Å². The van der Waals surface area contributed by atoms with E-state index in [9.17, 15) is 0 Å². The monoisotopic (exact) mass is 287 g/mol. The van der Waals surface area contributed by atoms with E-state index in [4.69, 9.17) is 0 Å². The van der Waals surface area contributed by atoms with Crippen molar-refractivity contribution in [2.75, 3.05) is 7.05 Å². The van der Waals surface area contributed by atoms with Gasteiger partial charge in [-0.1, -0.05) is 79.4 Å². The highest BCUT2D eigenvalue weighted by molar-refractivity contribution is 6.24. The third-order valence-electron chi connectivity index (χ3n) is 3.51. The van der Waals surface area contributed by atoms with Gasteiger partial charge in [0.05, 0.1) is 0 Å². The van der Waals surface area contributed by atoms with Crippen LogP contribution in [0.15, 0.2) is 90.5 Å². The van der Waals surface area contributed by atoms with Crippen molar-refractivity contribution < 1.29 is 0 Å². The van der Waals surface area contributed by atoms with Crippen LogP contribution in [0.3, 0.4) is 0 Å². The van der Waals surface area contributed by atoms with Crippen LogP contribution >= 0.6 is 0 Å². The van der Waals surface area contributed by atoms with Gasteiger partial charge in [-0.3, -0.25) is 4.99 Å². The Morgan fingerprint density at radius 2 is 1.45 bits per heavy atom. The number of hydrogen-bond acceptors (Lipinski definition) is 1. The van der Waals surface area contributed by atoms with Crippen LogP contribution < -0.4 is 0 Å². The number of benzene rings is 2. The molecule has 0 saturated heterocycles. The SMILES string of the molecule is C=C/C=C(/C=C(\C(C)=N/C)c1ccccc1)c1ccccc1. The van der Waals surface area contributed by atoms with Crippen LogP contribution in [0, 0.1) is 0 Å². The topological polar surface area (TPSA) is 12.4 Å². The van der Waals surface area contributed by atoms with Gasteiger partial charge in [0.1, 0.15) is 0 Å². The fourth-order valence-corrected chi connectivity index (χ4v) is 2.28. The Labute approximate surface area is 133 Å². The summed E-state index contributed by atoms with van der Waals surface area (Å²) in [6, 6.07) is 20.7. The van der Waals surface area contributed by atoms with Crippen molar-refractivity contribution in [3.8, 4) is 0 Å². The molecule has 110 valence electrons. The fraction of sp³-hybridized carbons (Fsp3) is 0.0952. The van der Waals surface area contributed by atoms with Crippen LogP contribution in [0.4, 0.5) is 0 Å². The summed E-state index contributed by atoms with van der Waals surface area (Å²) in [6.07, 6.45) is 6.02.